The van der Waals surface area contributed by atoms with E-state index < -0.39 is 11.7 Å². The van der Waals surface area contributed by atoms with Gasteiger partial charge in [0.05, 0.1) is 5.56 Å². The van der Waals surface area contributed by atoms with Crippen LogP contribution in [0.1, 0.15) is 49.4 Å². The molecule has 4 nitrogen and oxygen atoms in total. The van der Waals surface area contributed by atoms with Gasteiger partial charge in [0, 0.05) is 37.3 Å². The Morgan fingerprint density at radius 2 is 2.17 bits per heavy atom. The SMILES string of the molecule is CCC[C@H](CCCN)C(=O)N1CCc2ncc(C(F)(F)F)cc2C1. The predicted octanol–water partition coefficient (Wildman–Crippen LogP) is 3.14. The zero-order valence-corrected chi connectivity index (χ0v) is 13.9. The summed E-state index contributed by atoms with van der Waals surface area (Å²) < 4.78 is 38.5. The molecule has 0 saturated heterocycles. The second-order valence-corrected chi connectivity index (χ2v) is 6.25. The molecule has 0 aliphatic carbocycles. The maximum atomic E-state index is 12.8. The maximum absolute atomic E-state index is 12.8. The minimum absolute atomic E-state index is 0.0216. The lowest BCUT2D eigenvalue weighted by Crippen LogP contribution is -2.40. The molecule has 2 rings (SSSR count). The minimum Gasteiger partial charge on any atom is -0.338 e. The summed E-state index contributed by atoms with van der Waals surface area (Å²) >= 11 is 0. The number of halogens is 3. The molecule has 0 fully saturated rings. The second-order valence-electron chi connectivity index (χ2n) is 6.25. The fraction of sp³-hybridized carbons (Fsp3) is 0.647. The van der Waals surface area contributed by atoms with Crippen molar-refractivity contribution in [2.24, 2.45) is 11.7 Å². The number of hydrogen-bond acceptors (Lipinski definition) is 3. The van der Waals surface area contributed by atoms with Crippen molar-refractivity contribution in [2.45, 2.75) is 51.7 Å². The number of fused-ring (bicyclic) bond motifs is 1. The summed E-state index contributed by atoms with van der Waals surface area (Å²) in [7, 11) is 0. The van der Waals surface area contributed by atoms with Crippen molar-refractivity contribution >= 4 is 5.91 Å². The summed E-state index contributed by atoms with van der Waals surface area (Å²) in [6.07, 6.45) is 0.134. The highest BCUT2D eigenvalue weighted by Gasteiger charge is 2.33. The number of hydrogen-bond donors (Lipinski definition) is 1. The van der Waals surface area contributed by atoms with Crippen LogP contribution in [0.4, 0.5) is 13.2 Å². The molecule has 0 saturated carbocycles. The highest BCUT2D eigenvalue weighted by Crippen LogP contribution is 2.31. The van der Waals surface area contributed by atoms with Gasteiger partial charge in [-0.25, -0.2) is 0 Å². The third-order valence-electron chi connectivity index (χ3n) is 4.42. The van der Waals surface area contributed by atoms with Crippen LogP contribution in [0.5, 0.6) is 0 Å². The van der Waals surface area contributed by atoms with Crippen molar-refractivity contribution in [3.63, 3.8) is 0 Å². The van der Waals surface area contributed by atoms with E-state index in [0.717, 1.165) is 37.9 Å². The number of carbonyl (C=O) groups is 1. The van der Waals surface area contributed by atoms with Gasteiger partial charge in [-0.3, -0.25) is 9.78 Å². The van der Waals surface area contributed by atoms with E-state index >= 15 is 0 Å². The Morgan fingerprint density at radius 1 is 1.42 bits per heavy atom. The van der Waals surface area contributed by atoms with Gasteiger partial charge in [-0.2, -0.15) is 13.2 Å². The molecule has 1 amide bonds. The molecule has 2 N–H and O–H groups in total. The van der Waals surface area contributed by atoms with Crippen molar-refractivity contribution in [1.82, 2.24) is 9.88 Å². The number of carbonyl (C=O) groups excluding carboxylic acids is 1. The van der Waals surface area contributed by atoms with Crippen LogP contribution in [0.2, 0.25) is 0 Å². The van der Waals surface area contributed by atoms with Gasteiger partial charge in [-0.05, 0) is 37.4 Å². The summed E-state index contributed by atoms with van der Waals surface area (Å²) in [5.41, 5.74) is 5.92. The Kier molecular flexibility index (Phi) is 6.21. The third kappa shape index (κ3) is 4.47. The van der Waals surface area contributed by atoms with Crippen molar-refractivity contribution in [3.8, 4) is 0 Å². The van der Waals surface area contributed by atoms with E-state index in [0.29, 0.717) is 30.8 Å². The summed E-state index contributed by atoms with van der Waals surface area (Å²) in [5, 5.41) is 0. The molecule has 7 heteroatoms. The summed E-state index contributed by atoms with van der Waals surface area (Å²) in [5.74, 6) is -0.0766. The molecule has 1 aromatic rings. The minimum atomic E-state index is -4.42. The first-order valence-electron chi connectivity index (χ1n) is 8.40. The molecule has 0 aromatic carbocycles. The molecule has 2 heterocycles. The summed E-state index contributed by atoms with van der Waals surface area (Å²) in [6.45, 7) is 3.27. The van der Waals surface area contributed by atoms with Crippen LogP contribution in [0.15, 0.2) is 12.3 Å². The van der Waals surface area contributed by atoms with Gasteiger partial charge in [0.2, 0.25) is 5.91 Å². The fourth-order valence-corrected chi connectivity index (χ4v) is 3.13. The predicted molar refractivity (Wildman–Crippen MR) is 85.0 cm³/mol. The van der Waals surface area contributed by atoms with E-state index in [1.54, 1.807) is 4.90 Å². The van der Waals surface area contributed by atoms with Crippen molar-refractivity contribution < 1.29 is 18.0 Å². The number of nitrogens with zero attached hydrogens (tertiary/aromatic N) is 2. The van der Waals surface area contributed by atoms with E-state index in [1.165, 1.54) is 0 Å². The number of rotatable bonds is 6. The molecule has 0 unspecified atom stereocenters. The molecule has 0 spiro atoms. The lowest BCUT2D eigenvalue weighted by Gasteiger charge is -2.31. The largest absolute Gasteiger partial charge is 0.417 e. The normalized spacial score (nSPS) is 16.0. The Hall–Kier alpha value is -1.63. The van der Waals surface area contributed by atoms with Gasteiger partial charge >= 0.3 is 6.18 Å². The fourth-order valence-electron chi connectivity index (χ4n) is 3.13. The monoisotopic (exact) mass is 343 g/mol. The van der Waals surface area contributed by atoms with Gasteiger partial charge in [-0.15, -0.1) is 0 Å². The van der Waals surface area contributed by atoms with E-state index in [1.807, 2.05) is 6.92 Å². The highest BCUT2D eigenvalue weighted by atomic mass is 19.4. The van der Waals surface area contributed by atoms with Gasteiger partial charge in [0.1, 0.15) is 0 Å². The van der Waals surface area contributed by atoms with E-state index in [4.69, 9.17) is 5.73 Å². The molecular formula is C17H24F3N3O. The van der Waals surface area contributed by atoms with Gasteiger partial charge in [-0.1, -0.05) is 13.3 Å². The van der Waals surface area contributed by atoms with Gasteiger partial charge < -0.3 is 10.6 Å². The first kappa shape index (κ1) is 18.7. The summed E-state index contributed by atoms with van der Waals surface area (Å²) in [4.78, 5) is 18.3. The van der Waals surface area contributed by atoms with Crippen LogP contribution < -0.4 is 5.73 Å². The molecule has 1 atom stereocenters. The van der Waals surface area contributed by atoms with E-state index in [-0.39, 0.29) is 18.4 Å². The van der Waals surface area contributed by atoms with Crippen LogP contribution >= 0.6 is 0 Å². The molecule has 24 heavy (non-hydrogen) atoms. The topological polar surface area (TPSA) is 59.2 Å². The van der Waals surface area contributed by atoms with Crippen molar-refractivity contribution in [2.75, 3.05) is 13.1 Å². The Labute approximate surface area is 140 Å². The molecule has 134 valence electrons. The summed E-state index contributed by atoms with van der Waals surface area (Å²) in [6, 6.07) is 1.12. The zero-order valence-electron chi connectivity index (χ0n) is 13.9. The smallest absolute Gasteiger partial charge is 0.338 e. The maximum Gasteiger partial charge on any atom is 0.417 e. The van der Waals surface area contributed by atoms with Gasteiger partial charge in [0.25, 0.3) is 0 Å². The number of nitrogens with two attached hydrogens (primary N) is 1. The van der Waals surface area contributed by atoms with Crippen LogP contribution in [0.25, 0.3) is 0 Å². The average molecular weight is 343 g/mol. The molecule has 0 bridgehead atoms. The second kappa shape index (κ2) is 7.96. The molecule has 1 aliphatic rings. The van der Waals surface area contributed by atoms with Crippen LogP contribution in [0.3, 0.4) is 0 Å². The van der Waals surface area contributed by atoms with Crippen LogP contribution in [-0.4, -0.2) is 28.9 Å². The number of alkyl halides is 3. The van der Waals surface area contributed by atoms with E-state index in [9.17, 15) is 18.0 Å². The number of amides is 1. The molecular weight excluding hydrogens is 319 g/mol. The van der Waals surface area contributed by atoms with E-state index in [2.05, 4.69) is 4.98 Å². The Morgan fingerprint density at radius 3 is 2.79 bits per heavy atom. The van der Waals surface area contributed by atoms with Crippen molar-refractivity contribution in [1.29, 1.82) is 0 Å². The number of pyridine rings is 1. The van der Waals surface area contributed by atoms with Crippen LogP contribution in [0, 0.1) is 5.92 Å². The standard InChI is InChI=1S/C17H24F3N3O/c1-2-4-12(5-3-7-21)16(24)23-8-6-15-13(11-23)9-14(10-22-15)17(18,19)20/h9-10,12H,2-8,11,21H2,1H3/t12-/m1/s1. The first-order chi connectivity index (χ1) is 11.4. The molecule has 1 aliphatic heterocycles. The van der Waals surface area contributed by atoms with Crippen molar-refractivity contribution in [3.05, 3.63) is 29.1 Å². The first-order valence-corrected chi connectivity index (χ1v) is 8.40. The molecule has 0 radical (unpaired) electrons. The lowest BCUT2D eigenvalue weighted by atomic mass is 9.94. The Balaban J connectivity index is 2.13. The molecule has 1 aromatic heterocycles. The third-order valence-corrected chi connectivity index (χ3v) is 4.42. The van der Waals surface area contributed by atoms with Crippen LogP contribution in [-0.2, 0) is 23.9 Å². The van der Waals surface area contributed by atoms with Gasteiger partial charge in [0.15, 0.2) is 0 Å². The lowest BCUT2D eigenvalue weighted by molar-refractivity contribution is -0.138. The highest BCUT2D eigenvalue weighted by molar-refractivity contribution is 5.79. The number of aromatic nitrogens is 1. The quantitative estimate of drug-likeness (QED) is 0.863. The Bertz CT molecular complexity index is 575. The zero-order chi connectivity index (χ0) is 17.7. The average Bonchev–Trinajstić information content (AvgIpc) is 2.56.